The number of amides is 3. The van der Waals surface area contributed by atoms with Gasteiger partial charge in [-0.2, -0.15) is 0 Å². The van der Waals surface area contributed by atoms with E-state index in [4.69, 9.17) is 0 Å². The van der Waals surface area contributed by atoms with Crippen LogP contribution in [0, 0.1) is 11.7 Å². The fraction of sp³-hybridized carbons (Fsp3) is 0.579. The van der Waals surface area contributed by atoms with Crippen molar-refractivity contribution < 1.29 is 14.0 Å². The summed E-state index contributed by atoms with van der Waals surface area (Å²) in [6, 6.07) is 6.50. The lowest BCUT2D eigenvalue weighted by Gasteiger charge is -2.31. The number of rotatable bonds is 3. The second-order valence-electron chi connectivity index (χ2n) is 7.02. The molecule has 6 heteroatoms. The SMILES string of the molecule is CNC(=O)C1CCC(NC(=O)N2CCCC2c2cccc(F)c2)CC1. The molecule has 1 atom stereocenters. The van der Waals surface area contributed by atoms with E-state index in [1.165, 1.54) is 12.1 Å². The number of nitrogens with one attached hydrogen (secondary N) is 2. The molecule has 2 aliphatic rings. The van der Waals surface area contributed by atoms with Crippen molar-refractivity contribution >= 4 is 11.9 Å². The van der Waals surface area contributed by atoms with E-state index in [1.807, 2.05) is 11.0 Å². The van der Waals surface area contributed by atoms with Gasteiger partial charge in [-0.1, -0.05) is 12.1 Å². The van der Waals surface area contributed by atoms with Gasteiger partial charge in [0.2, 0.25) is 5.91 Å². The number of likely N-dealkylation sites (tertiary alicyclic amines) is 1. The average Bonchev–Trinajstić information content (AvgIpc) is 3.11. The number of carbonyl (C=O) groups excluding carboxylic acids is 2. The summed E-state index contributed by atoms with van der Waals surface area (Å²) in [5.74, 6) is -0.113. The van der Waals surface area contributed by atoms with Crippen molar-refractivity contribution in [1.82, 2.24) is 15.5 Å². The lowest BCUT2D eigenvalue weighted by atomic mass is 9.85. The quantitative estimate of drug-likeness (QED) is 0.883. The fourth-order valence-electron chi connectivity index (χ4n) is 4.03. The molecule has 1 aromatic rings. The number of nitrogens with zero attached hydrogens (tertiary/aromatic N) is 1. The van der Waals surface area contributed by atoms with Crippen LogP contribution in [0.5, 0.6) is 0 Å². The third kappa shape index (κ3) is 4.11. The number of urea groups is 1. The molecule has 1 aromatic carbocycles. The van der Waals surface area contributed by atoms with Crippen LogP contribution in [0.25, 0.3) is 0 Å². The Hall–Kier alpha value is -2.11. The number of halogens is 1. The Morgan fingerprint density at radius 3 is 2.60 bits per heavy atom. The van der Waals surface area contributed by atoms with Crippen molar-refractivity contribution in [2.45, 2.75) is 50.6 Å². The summed E-state index contributed by atoms with van der Waals surface area (Å²) in [6.07, 6.45) is 5.04. The van der Waals surface area contributed by atoms with Gasteiger partial charge < -0.3 is 15.5 Å². The zero-order valence-corrected chi connectivity index (χ0v) is 14.6. The third-order valence-corrected chi connectivity index (χ3v) is 5.42. The van der Waals surface area contributed by atoms with Gasteiger partial charge in [0.15, 0.2) is 0 Å². The molecule has 1 saturated heterocycles. The second kappa shape index (κ2) is 7.85. The Kier molecular flexibility index (Phi) is 5.56. The predicted molar refractivity (Wildman–Crippen MR) is 93.4 cm³/mol. The Balaban J connectivity index is 1.57. The minimum Gasteiger partial charge on any atom is -0.359 e. The summed E-state index contributed by atoms with van der Waals surface area (Å²) in [4.78, 5) is 26.2. The number of benzene rings is 1. The van der Waals surface area contributed by atoms with Gasteiger partial charge in [-0.05, 0) is 56.2 Å². The molecular weight excluding hydrogens is 321 g/mol. The monoisotopic (exact) mass is 347 g/mol. The molecule has 1 heterocycles. The van der Waals surface area contributed by atoms with Gasteiger partial charge in [-0.3, -0.25) is 4.79 Å². The third-order valence-electron chi connectivity index (χ3n) is 5.42. The van der Waals surface area contributed by atoms with Crippen LogP contribution < -0.4 is 10.6 Å². The van der Waals surface area contributed by atoms with Gasteiger partial charge in [0.25, 0.3) is 0 Å². The van der Waals surface area contributed by atoms with E-state index in [0.29, 0.717) is 6.54 Å². The van der Waals surface area contributed by atoms with E-state index in [1.54, 1.807) is 13.1 Å². The molecule has 2 N–H and O–H groups in total. The highest BCUT2D eigenvalue weighted by Crippen LogP contribution is 2.32. The van der Waals surface area contributed by atoms with E-state index in [0.717, 1.165) is 44.1 Å². The van der Waals surface area contributed by atoms with Gasteiger partial charge >= 0.3 is 6.03 Å². The molecule has 0 bridgehead atoms. The van der Waals surface area contributed by atoms with Gasteiger partial charge in [-0.25, -0.2) is 9.18 Å². The minimum atomic E-state index is -0.266. The summed E-state index contributed by atoms with van der Waals surface area (Å²) >= 11 is 0. The predicted octanol–water partition coefficient (Wildman–Crippen LogP) is 2.98. The molecular formula is C19H26FN3O2. The van der Waals surface area contributed by atoms with Crippen molar-refractivity contribution in [2.24, 2.45) is 5.92 Å². The molecule has 1 unspecified atom stereocenters. The highest BCUT2D eigenvalue weighted by molar-refractivity contribution is 5.78. The summed E-state index contributed by atoms with van der Waals surface area (Å²) in [7, 11) is 1.66. The zero-order valence-electron chi connectivity index (χ0n) is 14.6. The number of hydrogen-bond acceptors (Lipinski definition) is 2. The fourth-order valence-corrected chi connectivity index (χ4v) is 4.03. The molecule has 25 heavy (non-hydrogen) atoms. The first-order chi connectivity index (χ1) is 12.1. The summed E-state index contributed by atoms with van der Waals surface area (Å²) in [5, 5.41) is 5.81. The average molecular weight is 347 g/mol. The summed E-state index contributed by atoms with van der Waals surface area (Å²) in [6.45, 7) is 0.695. The lowest BCUT2D eigenvalue weighted by molar-refractivity contribution is -0.125. The highest BCUT2D eigenvalue weighted by Gasteiger charge is 2.32. The molecule has 5 nitrogen and oxygen atoms in total. The Morgan fingerprint density at radius 1 is 1.16 bits per heavy atom. The lowest BCUT2D eigenvalue weighted by Crippen LogP contribution is -2.46. The van der Waals surface area contributed by atoms with Crippen LogP contribution in [-0.4, -0.2) is 36.5 Å². The molecule has 1 saturated carbocycles. The smallest absolute Gasteiger partial charge is 0.318 e. The topological polar surface area (TPSA) is 61.4 Å². The maximum atomic E-state index is 13.5. The standard InChI is InChI=1S/C19H26FN3O2/c1-21-18(24)13-7-9-16(10-8-13)22-19(25)23-11-3-6-17(23)14-4-2-5-15(20)12-14/h2,4-5,12-13,16-17H,3,6-11H2,1H3,(H,21,24)(H,22,25). The van der Waals surface area contributed by atoms with E-state index in [9.17, 15) is 14.0 Å². The maximum Gasteiger partial charge on any atom is 0.318 e. The van der Waals surface area contributed by atoms with Crippen LogP contribution in [-0.2, 0) is 4.79 Å². The summed E-state index contributed by atoms with van der Waals surface area (Å²) < 4.78 is 13.5. The van der Waals surface area contributed by atoms with Gasteiger partial charge in [0.1, 0.15) is 5.82 Å². The molecule has 136 valence electrons. The maximum absolute atomic E-state index is 13.5. The number of carbonyl (C=O) groups is 2. The number of hydrogen-bond donors (Lipinski definition) is 2. The molecule has 2 fully saturated rings. The van der Waals surface area contributed by atoms with Crippen LogP contribution in [0.15, 0.2) is 24.3 Å². The molecule has 1 aliphatic heterocycles. The van der Waals surface area contributed by atoms with Crippen molar-refractivity contribution in [1.29, 1.82) is 0 Å². The van der Waals surface area contributed by atoms with Crippen LogP contribution in [0.1, 0.15) is 50.1 Å². The van der Waals surface area contributed by atoms with Crippen LogP contribution in [0.4, 0.5) is 9.18 Å². The van der Waals surface area contributed by atoms with Crippen LogP contribution in [0.2, 0.25) is 0 Å². The Bertz CT molecular complexity index is 629. The molecule has 0 radical (unpaired) electrons. The molecule has 1 aliphatic carbocycles. The molecule has 0 aromatic heterocycles. The molecule has 3 amide bonds. The van der Waals surface area contributed by atoms with Gasteiger partial charge in [0.05, 0.1) is 6.04 Å². The normalized spacial score (nSPS) is 26.3. The van der Waals surface area contributed by atoms with E-state index < -0.39 is 0 Å². The highest BCUT2D eigenvalue weighted by atomic mass is 19.1. The van der Waals surface area contributed by atoms with Crippen LogP contribution in [0.3, 0.4) is 0 Å². The molecule has 3 rings (SSSR count). The first kappa shape index (κ1) is 17.7. The van der Waals surface area contributed by atoms with Crippen molar-refractivity contribution in [2.75, 3.05) is 13.6 Å². The Labute approximate surface area is 148 Å². The zero-order chi connectivity index (χ0) is 17.8. The first-order valence-corrected chi connectivity index (χ1v) is 9.12. The largest absolute Gasteiger partial charge is 0.359 e. The minimum absolute atomic E-state index is 0.0575. The van der Waals surface area contributed by atoms with Gasteiger partial charge in [-0.15, -0.1) is 0 Å². The first-order valence-electron chi connectivity index (χ1n) is 9.12. The Morgan fingerprint density at radius 2 is 1.92 bits per heavy atom. The molecule has 0 spiro atoms. The summed E-state index contributed by atoms with van der Waals surface area (Å²) in [5.41, 5.74) is 0.857. The van der Waals surface area contributed by atoms with E-state index in [2.05, 4.69) is 10.6 Å². The second-order valence-corrected chi connectivity index (χ2v) is 7.02. The van der Waals surface area contributed by atoms with Crippen molar-refractivity contribution in [3.05, 3.63) is 35.6 Å². The van der Waals surface area contributed by atoms with Gasteiger partial charge in [0, 0.05) is 25.6 Å². The van der Waals surface area contributed by atoms with Crippen LogP contribution >= 0.6 is 0 Å². The van der Waals surface area contributed by atoms with Crippen molar-refractivity contribution in [3.8, 4) is 0 Å². The van der Waals surface area contributed by atoms with E-state index in [-0.39, 0.29) is 35.8 Å². The van der Waals surface area contributed by atoms with E-state index >= 15 is 0 Å². The van der Waals surface area contributed by atoms with Crippen molar-refractivity contribution in [3.63, 3.8) is 0 Å².